The van der Waals surface area contributed by atoms with E-state index in [2.05, 4.69) is 4.98 Å². The van der Waals surface area contributed by atoms with Gasteiger partial charge in [0.15, 0.2) is 16.7 Å². The van der Waals surface area contributed by atoms with Gasteiger partial charge in [-0.1, -0.05) is 65.4 Å². The summed E-state index contributed by atoms with van der Waals surface area (Å²) >= 11 is 7.39. The SMILES string of the molecule is O=C(C1=C(O)C(=O)N(c2nc3ccc(Cl)cc3s2)C1c1ccc(OCc2ccccc2)cc1)c1ccco1. The lowest BCUT2D eigenvalue weighted by Crippen LogP contribution is -2.30. The Bertz CT molecular complexity index is 1680. The molecule has 38 heavy (non-hydrogen) atoms. The van der Waals surface area contributed by atoms with Crippen LogP contribution in [0, 0.1) is 0 Å². The molecule has 3 aromatic carbocycles. The number of fused-ring (bicyclic) bond motifs is 1. The van der Waals surface area contributed by atoms with Crippen LogP contribution < -0.4 is 9.64 Å². The maximum absolute atomic E-state index is 13.4. The van der Waals surface area contributed by atoms with E-state index in [1.165, 1.54) is 28.6 Å². The van der Waals surface area contributed by atoms with Crippen molar-refractivity contribution < 1.29 is 23.8 Å². The highest BCUT2D eigenvalue weighted by Gasteiger charge is 2.46. The summed E-state index contributed by atoms with van der Waals surface area (Å²) in [4.78, 5) is 32.8. The Kier molecular flexibility index (Phi) is 6.19. The lowest BCUT2D eigenvalue weighted by Gasteiger charge is -2.24. The third kappa shape index (κ3) is 4.34. The van der Waals surface area contributed by atoms with Crippen LogP contribution in [0.1, 0.15) is 27.7 Å². The van der Waals surface area contributed by atoms with Crippen molar-refractivity contribution in [3.63, 3.8) is 0 Å². The smallest absolute Gasteiger partial charge is 0.296 e. The Morgan fingerprint density at radius 3 is 2.58 bits per heavy atom. The summed E-state index contributed by atoms with van der Waals surface area (Å²) in [7, 11) is 0. The normalized spacial score (nSPS) is 15.4. The second-order valence-corrected chi connectivity index (χ2v) is 10.0. The number of aliphatic hydroxyl groups is 1. The maximum Gasteiger partial charge on any atom is 0.296 e. The van der Waals surface area contributed by atoms with Gasteiger partial charge in [0.1, 0.15) is 12.4 Å². The first kappa shape index (κ1) is 24.0. The quantitative estimate of drug-likeness (QED) is 0.225. The van der Waals surface area contributed by atoms with Crippen LogP contribution in [0.4, 0.5) is 5.13 Å². The zero-order valence-corrected chi connectivity index (χ0v) is 21.3. The van der Waals surface area contributed by atoms with Gasteiger partial charge in [-0.25, -0.2) is 4.98 Å². The summed E-state index contributed by atoms with van der Waals surface area (Å²) in [6, 6.07) is 24.2. The predicted molar refractivity (Wildman–Crippen MR) is 145 cm³/mol. The Balaban J connectivity index is 1.39. The lowest BCUT2D eigenvalue weighted by atomic mass is 9.95. The van der Waals surface area contributed by atoms with Crippen molar-refractivity contribution in [2.75, 3.05) is 4.90 Å². The summed E-state index contributed by atoms with van der Waals surface area (Å²) in [5, 5.41) is 11.8. The van der Waals surface area contributed by atoms with Gasteiger partial charge in [-0.3, -0.25) is 14.5 Å². The number of ketones is 1. The van der Waals surface area contributed by atoms with Crippen LogP contribution in [-0.4, -0.2) is 21.8 Å². The summed E-state index contributed by atoms with van der Waals surface area (Å²) in [6.07, 6.45) is 1.37. The van der Waals surface area contributed by atoms with Crippen LogP contribution in [-0.2, 0) is 11.4 Å². The van der Waals surface area contributed by atoms with Crippen molar-refractivity contribution in [3.05, 3.63) is 124 Å². The second-order valence-electron chi connectivity index (χ2n) is 8.60. The first-order valence-corrected chi connectivity index (χ1v) is 12.9. The number of furan rings is 1. The van der Waals surface area contributed by atoms with Gasteiger partial charge in [-0.05, 0) is 53.6 Å². The van der Waals surface area contributed by atoms with E-state index < -0.39 is 23.5 Å². The van der Waals surface area contributed by atoms with Gasteiger partial charge < -0.3 is 14.3 Å². The molecule has 6 rings (SSSR count). The van der Waals surface area contributed by atoms with Gasteiger partial charge in [0.05, 0.1) is 28.1 Å². The topological polar surface area (TPSA) is 92.9 Å². The fourth-order valence-electron chi connectivity index (χ4n) is 4.37. The molecule has 9 heteroatoms. The van der Waals surface area contributed by atoms with E-state index in [0.29, 0.717) is 33.6 Å². The number of benzene rings is 3. The van der Waals surface area contributed by atoms with E-state index in [0.717, 1.165) is 10.3 Å². The molecule has 7 nitrogen and oxygen atoms in total. The molecule has 0 spiro atoms. The highest BCUT2D eigenvalue weighted by Crippen LogP contribution is 2.44. The van der Waals surface area contributed by atoms with Gasteiger partial charge in [0.25, 0.3) is 5.91 Å². The number of ether oxygens (including phenoxy) is 1. The molecule has 0 aliphatic carbocycles. The van der Waals surface area contributed by atoms with Gasteiger partial charge in [0, 0.05) is 5.02 Å². The van der Waals surface area contributed by atoms with Crippen molar-refractivity contribution in [2.24, 2.45) is 0 Å². The number of rotatable bonds is 7. The van der Waals surface area contributed by atoms with Crippen molar-refractivity contribution in [2.45, 2.75) is 12.6 Å². The average molecular weight is 543 g/mol. The number of anilines is 1. The summed E-state index contributed by atoms with van der Waals surface area (Å²) in [6.45, 7) is 0.394. The minimum Gasteiger partial charge on any atom is -0.503 e. The van der Waals surface area contributed by atoms with Crippen LogP contribution in [0.5, 0.6) is 5.75 Å². The van der Waals surface area contributed by atoms with Gasteiger partial charge >= 0.3 is 0 Å². The number of nitrogens with zero attached hydrogens (tertiary/aromatic N) is 2. The number of halogens is 1. The molecule has 0 saturated heterocycles. The van der Waals surface area contributed by atoms with Crippen molar-refractivity contribution >= 4 is 50.0 Å². The third-order valence-corrected chi connectivity index (χ3v) is 7.44. The number of aromatic nitrogens is 1. The van der Waals surface area contributed by atoms with E-state index in [1.807, 2.05) is 30.3 Å². The van der Waals surface area contributed by atoms with E-state index in [4.69, 9.17) is 20.8 Å². The molecule has 1 amide bonds. The molecule has 5 aromatic rings. The standard InChI is InChI=1S/C29H19ClN2O5S/c30-19-10-13-21-23(15-19)38-29(31-21)32-25(24(27(34)28(32)35)26(33)22-7-4-14-36-22)18-8-11-20(12-9-18)37-16-17-5-2-1-3-6-17/h1-15,25,34H,16H2. The molecule has 1 atom stereocenters. The number of aliphatic hydroxyl groups excluding tert-OH is 1. The molecule has 1 N–H and O–H groups in total. The number of hydrogen-bond donors (Lipinski definition) is 1. The molecule has 0 saturated carbocycles. The van der Waals surface area contributed by atoms with Crippen molar-refractivity contribution in [1.29, 1.82) is 0 Å². The van der Waals surface area contributed by atoms with E-state index in [9.17, 15) is 14.7 Å². The Morgan fingerprint density at radius 1 is 1.05 bits per heavy atom. The minimum absolute atomic E-state index is 0.0186. The number of amides is 1. The zero-order valence-electron chi connectivity index (χ0n) is 19.7. The number of carbonyl (C=O) groups is 2. The van der Waals surface area contributed by atoms with Gasteiger partial charge in [0.2, 0.25) is 5.78 Å². The van der Waals surface area contributed by atoms with Crippen molar-refractivity contribution in [3.8, 4) is 5.75 Å². The van der Waals surface area contributed by atoms with Gasteiger partial charge in [-0.15, -0.1) is 0 Å². The van der Waals surface area contributed by atoms with Crippen molar-refractivity contribution in [1.82, 2.24) is 4.98 Å². The fourth-order valence-corrected chi connectivity index (χ4v) is 5.64. The Morgan fingerprint density at radius 2 is 1.84 bits per heavy atom. The van der Waals surface area contributed by atoms with Crippen LogP contribution in [0.15, 0.2) is 107 Å². The molecule has 1 unspecified atom stereocenters. The molecular weight excluding hydrogens is 524 g/mol. The maximum atomic E-state index is 13.4. The minimum atomic E-state index is -0.931. The molecule has 1 aliphatic heterocycles. The highest BCUT2D eigenvalue weighted by molar-refractivity contribution is 7.22. The van der Waals surface area contributed by atoms with E-state index >= 15 is 0 Å². The second kappa shape index (κ2) is 9.81. The van der Waals surface area contributed by atoms with Crippen LogP contribution >= 0.6 is 22.9 Å². The zero-order chi connectivity index (χ0) is 26.2. The van der Waals surface area contributed by atoms with Crippen LogP contribution in [0.3, 0.4) is 0 Å². The van der Waals surface area contributed by atoms with Crippen LogP contribution in [0.25, 0.3) is 10.2 Å². The van der Waals surface area contributed by atoms with Crippen LogP contribution in [0.2, 0.25) is 5.02 Å². The molecule has 0 fully saturated rings. The monoisotopic (exact) mass is 542 g/mol. The molecule has 3 heterocycles. The molecular formula is C29H19ClN2O5S. The number of carbonyl (C=O) groups excluding carboxylic acids is 2. The molecule has 188 valence electrons. The third-order valence-electron chi connectivity index (χ3n) is 6.19. The average Bonchev–Trinajstić information content (AvgIpc) is 3.67. The van der Waals surface area contributed by atoms with Gasteiger partial charge in [-0.2, -0.15) is 0 Å². The Labute approximate surface area is 226 Å². The molecule has 1 aliphatic rings. The fraction of sp³-hybridized carbons (Fsp3) is 0.0690. The van der Waals surface area contributed by atoms with E-state index in [-0.39, 0.29) is 11.3 Å². The number of Topliss-reactive ketones (excluding diaryl/α,β-unsaturated/α-hetero) is 1. The first-order chi connectivity index (χ1) is 18.5. The largest absolute Gasteiger partial charge is 0.503 e. The summed E-state index contributed by atoms with van der Waals surface area (Å²) in [5.74, 6) is -1.31. The lowest BCUT2D eigenvalue weighted by molar-refractivity contribution is -0.117. The predicted octanol–water partition coefficient (Wildman–Crippen LogP) is 6.90. The molecule has 0 bridgehead atoms. The highest BCUT2D eigenvalue weighted by atomic mass is 35.5. The Hall–Kier alpha value is -4.40. The molecule has 2 aromatic heterocycles. The molecule has 0 radical (unpaired) electrons. The number of thiazole rings is 1. The summed E-state index contributed by atoms with van der Waals surface area (Å²) in [5.41, 5.74) is 2.19. The number of hydrogen-bond acceptors (Lipinski definition) is 7. The summed E-state index contributed by atoms with van der Waals surface area (Å²) < 4.78 is 12.0. The first-order valence-electron chi connectivity index (χ1n) is 11.7. The van der Waals surface area contributed by atoms with E-state index in [1.54, 1.807) is 48.5 Å².